The summed E-state index contributed by atoms with van der Waals surface area (Å²) >= 11 is 0. The van der Waals surface area contributed by atoms with Gasteiger partial charge in [0.1, 0.15) is 5.82 Å². The lowest BCUT2D eigenvalue weighted by atomic mass is 10.2. The summed E-state index contributed by atoms with van der Waals surface area (Å²) in [5.41, 5.74) is 4.43. The Balaban J connectivity index is 1.55. The lowest BCUT2D eigenvalue weighted by molar-refractivity contribution is -0.120. The van der Waals surface area contributed by atoms with Gasteiger partial charge in [-0.3, -0.25) is 9.59 Å². The SMILES string of the molecule is Cn1cc(/C=N/NC(=O)CNC(=O)c2cccc(F)c2)c2ccccc21. The summed E-state index contributed by atoms with van der Waals surface area (Å²) in [6.45, 7) is -0.262. The number of halogens is 1. The molecule has 3 rings (SSSR count). The van der Waals surface area contributed by atoms with E-state index >= 15 is 0 Å². The summed E-state index contributed by atoms with van der Waals surface area (Å²) in [5.74, 6) is -1.52. The number of benzene rings is 2. The molecule has 0 atom stereocenters. The molecule has 1 heterocycles. The summed E-state index contributed by atoms with van der Waals surface area (Å²) in [5, 5.41) is 7.35. The molecule has 0 unspecified atom stereocenters. The number of hydrazone groups is 1. The van der Waals surface area contributed by atoms with Gasteiger partial charge in [0.05, 0.1) is 12.8 Å². The van der Waals surface area contributed by atoms with E-state index in [9.17, 15) is 14.0 Å². The van der Waals surface area contributed by atoms with E-state index in [2.05, 4.69) is 15.8 Å². The Morgan fingerprint density at radius 2 is 2.00 bits per heavy atom. The molecule has 0 fully saturated rings. The molecule has 0 bridgehead atoms. The topological polar surface area (TPSA) is 75.5 Å². The van der Waals surface area contributed by atoms with E-state index in [1.54, 1.807) is 6.21 Å². The number of rotatable bonds is 5. The van der Waals surface area contributed by atoms with Gasteiger partial charge >= 0.3 is 0 Å². The second-order valence-electron chi connectivity index (χ2n) is 5.70. The number of aromatic nitrogens is 1. The number of hydrogen-bond donors (Lipinski definition) is 2. The summed E-state index contributed by atoms with van der Waals surface area (Å²) in [4.78, 5) is 23.6. The highest BCUT2D eigenvalue weighted by Gasteiger charge is 2.08. The van der Waals surface area contributed by atoms with Gasteiger partial charge in [-0.2, -0.15) is 5.10 Å². The van der Waals surface area contributed by atoms with Crippen LogP contribution in [0.1, 0.15) is 15.9 Å². The zero-order valence-electron chi connectivity index (χ0n) is 14.1. The van der Waals surface area contributed by atoms with Gasteiger partial charge in [-0.25, -0.2) is 9.82 Å². The molecule has 0 aliphatic rings. The van der Waals surface area contributed by atoms with E-state index in [0.29, 0.717) is 0 Å². The third-order valence-corrected chi connectivity index (χ3v) is 3.82. The Hall–Kier alpha value is -3.48. The number of nitrogens with zero attached hydrogens (tertiary/aromatic N) is 2. The van der Waals surface area contributed by atoms with Gasteiger partial charge in [0, 0.05) is 35.3 Å². The molecule has 0 radical (unpaired) electrons. The van der Waals surface area contributed by atoms with Crippen LogP contribution in [0.5, 0.6) is 0 Å². The highest BCUT2D eigenvalue weighted by atomic mass is 19.1. The predicted octanol–water partition coefficient (Wildman–Crippen LogP) is 2.20. The van der Waals surface area contributed by atoms with Crippen LogP contribution in [0.4, 0.5) is 4.39 Å². The largest absolute Gasteiger partial charge is 0.350 e. The van der Waals surface area contributed by atoms with Gasteiger partial charge in [0.15, 0.2) is 0 Å². The normalized spacial score (nSPS) is 11.0. The van der Waals surface area contributed by atoms with Gasteiger partial charge in [0.2, 0.25) is 0 Å². The van der Waals surface area contributed by atoms with Crippen molar-refractivity contribution in [3.63, 3.8) is 0 Å². The quantitative estimate of drug-likeness (QED) is 0.546. The number of amides is 2. The molecule has 0 saturated carbocycles. The second-order valence-corrected chi connectivity index (χ2v) is 5.70. The maximum atomic E-state index is 13.1. The number of fused-ring (bicyclic) bond motifs is 1. The van der Waals surface area contributed by atoms with Crippen LogP contribution in [0.2, 0.25) is 0 Å². The van der Waals surface area contributed by atoms with E-state index in [-0.39, 0.29) is 12.1 Å². The Bertz CT molecular complexity index is 994. The van der Waals surface area contributed by atoms with Crippen LogP contribution < -0.4 is 10.7 Å². The van der Waals surface area contributed by atoms with Crippen LogP contribution in [-0.2, 0) is 11.8 Å². The molecule has 0 saturated heterocycles. The zero-order chi connectivity index (χ0) is 18.5. The number of carbonyl (C=O) groups excluding carboxylic acids is 2. The standard InChI is InChI=1S/C19H17FN4O2/c1-24-12-14(16-7-2-3-8-17(16)24)10-22-23-18(25)11-21-19(26)13-5-4-6-15(20)9-13/h2-10,12H,11H2,1H3,(H,21,26)(H,23,25)/b22-10+. The third kappa shape index (κ3) is 3.94. The molecule has 2 amide bonds. The van der Waals surface area contributed by atoms with Crippen molar-refractivity contribution in [1.82, 2.24) is 15.3 Å². The maximum absolute atomic E-state index is 13.1. The first-order valence-corrected chi connectivity index (χ1v) is 7.94. The highest BCUT2D eigenvalue weighted by Crippen LogP contribution is 2.18. The van der Waals surface area contributed by atoms with Crippen molar-refractivity contribution in [1.29, 1.82) is 0 Å². The molecule has 6 nitrogen and oxygen atoms in total. The average Bonchev–Trinajstić information content (AvgIpc) is 2.96. The average molecular weight is 352 g/mol. The molecular formula is C19H17FN4O2. The van der Waals surface area contributed by atoms with Gasteiger partial charge in [-0.1, -0.05) is 24.3 Å². The van der Waals surface area contributed by atoms with Crippen molar-refractivity contribution in [3.8, 4) is 0 Å². The molecule has 0 aliphatic heterocycles. The van der Waals surface area contributed by atoms with Crippen molar-refractivity contribution in [2.45, 2.75) is 0 Å². The Labute approximate surface area is 149 Å². The number of carbonyl (C=O) groups is 2. The first-order chi connectivity index (χ1) is 12.5. The van der Waals surface area contributed by atoms with Crippen LogP contribution in [0.25, 0.3) is 10.9 Å². The number of para-hydroxylation sites is 1. The fourth-order valence-electron chi connectivity index (χ4n) is 2.58. The van der Waals surface area contributed by atoms with Crippen LogP contribution in [-0.4, -0.2) is 29.1 Å². The molecule has 1 aromatic heterocycles. The van der Waals surface area contributed by atoms with Crippen LogP contribution >= 0.6 is 0 Å². The fourth-order valence-corrected chi connectivity index (χ4v) is 2.58. The van der Waals surface area contributed by atoms with Crippen LogP contribution in [0.3, 0.4) is 0 Å². The minimum atomic E-state index is -0.530. The molecule has 0 spiro atoms. The maximum Gasteiger partial charge on any atom is 0.259 e. The van der Waals surface area contributed by atoms with Crippen molar-refractivity contribution >= 4 is 28.9 Å². The van der Waals surface area contributed by atoms with Gasteiger partial charge in [0.25, 0.3) is 11.8 Å². The molecule has 7 heteroatoms. The first-order valence-electron chi connectivity index (χ1n) is 7.94. The molecular weight excluding hydrogens is 335 g/mol. The third-order valence-electron chi connectivity index (χ3n) is 3.82. The Morgan fingerprint density at radius 1 is 1.19 bits per heavy atom. The minimum Gasteiger partial charge on any atom is -0.350 e. The Kier molecular flexibility index (Phi) is 5.07. The molecule has 2 aromatic carbocycles. The lowest BCUT2D eigenvalue weighted by Gasteiger charge is -2.04. The van der Waals surface area contributed by atoms with Gasteiger partial charge in [-0.15, -0.1) is 0 Å². The summed E-state index contributed by atoms with van der Waals surface area (Å²) in [7, 11) is 1.93. The molecule has 0 aliphatic carbocycles. The number of hydrogen-bond acceptors (Lipinski definition) is 3. The second kappa shape index (κ2) is 7.60. The predicted molar refractivity (Wildman–Crippen MR) is 97.4 cm³/mol. The minimum absolute atomic E-state index is 0.150. The summed E-state index contributed by atoms with van der Waals surface area (Å²) < 4.78 is 15.1. The van der Waals surface area contributed by atoms with E-state index < -0.39 is 17.6 Å². The smallest absolute Gasteiger partial charge is 0.259 e. The van der Waals surface area contributed by atoms with Crippen molar-refractivity contribution < 1.29 is 14.0 Å². The van der Waals surface area contributed by atoms with E-state index in [1.807, 2.05) is 42.1 Å². The molecule has 2 N–H and O–H groups in total. The fraction of sp³-hybridized carbons (Fsp3) is 0.105. The van der Waals surface area contributed by atoms with Crippen LogP contribution in [0.15, 0.2) is 59.8 Å². The van der Waals surface area contributed by atoms with Gasteiger partial charge in [-0.05, 0) is 24.3 Å². The Morgan fingerprint density at radius 3 is 2.81 bits per heavy atom. The van der Waals surface area contributed by atoms with Gasteiger partial charge < -0.3 is 9.88 Å². The van der Waals surface area contributed by atoms with E-state index in [0.717, 1.165) is 22.5 Å². The van der Waals surface area contributed by atoms with Crippen molar-refractivity contribution in [2.24, 2.45) is 12.1 Å². The van der Waals surface area contributed by atoms with Crippen LogP contribution in [0, 0.1) is 5.82 Å². The highest BCUT2D eigenvalue weighted by molar-refractivity contribution is 6.00. The number of nitrogens with one attached hydrogen (secondary N) is 2. The van der Waals surface area contributed by atoms with Crippen molar-refractivity contribution in [2.75, 3.05) is 6.54 Å². The van der Waals surface area contributed by atoms with Crippen molar-refractivity contribution in [3.05, 3.63) is 71.7 Å². The summed E-state index contributed by atoms with van der Waals surface area (Å²) in [6, 6.07) is 13.1. The first kappa shape index (κ1) is 17.3. The molecule has 3 aromatic rings. The number of aryl methyl sites for hydroxylation is 1. The van der Waals surface area contributed by atoms with E-state index in [4.69, 9.17) is 0 Å². The zero-order valence-corrected chi connectivity index (χ0v) is 14.1. The lowest BCUT2D eigenvalue weighted by Crippen LogP contribution is -2.34. The van der Waals surface area contributed by atoms with E-state index in [1.165, 1.54) is 18.2 Å². The molecule has 26 heavy (non-hydrogen) atoms. The monoisotopic (exact) mass is 352 g/mol. The summed E-state index contributed by atoms with van der Waals surface area (Å²) in [6.07, 6.45) is 3.46. The molecule has 132 valence electrons.